The number of nitriles is 2. The third-order valence-corrected chi connectivity index (χ3v) is 4.34. The highest BCUT2D eigenvalue weighted by molar-refractivity contribution is 6.38. The monoisotopic (exact) mass is 306 g/mol. The second kappa shape index (κ2) is 5.19. The fourth-order valence-corrected chi connectivity index (χ4v) is 3.31. The van der Waals surface area contributed by atoms with E-state index in [4.69, 9.17) is 0 Å². The lowest BCUT2D eigenvalue weighted by atomic mass is 9.78. The van der Waals surface area contributed by atoms with Crippen LogP contribution < -0.4 is 0 Å². The van der Waals surface area contributed by atoms with Gasteiger partial charge in [0.1, 0.15) is 17.7 Å². The lowest BCUT2D eigenvalue weighted by molar-refractivity contribution is 0.105. The minimum Gasteiger partial charge on any atom is -0.288 e. The van der Waals surface area contributed by atoms with Gasteiger partial charge in [0.2, 0.25) is 0 Å². The summed E-state index contributed by atoms with van der Waals surface area (Å²) in [6.07, 6.45) is 0. The van der Waals surface area contributed by atoms with Crippen LogP contribution >= 0.6 is 0 Å². The average Bonchev–Trinajstić information content (AvgIpc) is 2.64. The molecule has 0 heterocycles. The molecule has 110 valence electrons. The van der Waals surface area contributed by atoms with Crippen LogP contribution in [0, 0.1) is 22.7 Å². The van der Waals surface area contributed by atoms with Crippen molar-refractivity contribution in [3.63, 3.8) is 0 Å². The number of fused-ring (bicyclic) bond motifs is 5. The van der Waals surface area contributed by atoms with Gasteiger partial charge in [0.25, 0.3) is 0 Å². The normalized spacial score (nSPS) is 12.1. The molecule has 0 radical (unpaired) electrons. The van der Waals surface area contributed by atoms with E-state index in [1.54, 1.807) is 6.07 Å². The van der Waals surface area contributed by atoms with Crippen LogP contribution in [0.15, 0.2) is 66.2 Å². The molecule has 3 aromatic rings. The molecule has 0 atom stereocenters. The molecule has 0 saturated carbocycles. The summed E-state index contributed by atoms with van der Waals surface area (Å²) in [6, 6.07) is 22.7. The first-order valence-corrected chi connectivity index (χ1v) is 7.47. The predicted molar refractivity (Wildman–Crippen MR) is 91.9 cm³/mol. The molecule has 0 amide bonds. The van der Waals surface area contributed by atoms with Crippen LogP contribution in [0.4, 0.5) is 0 Å². The zero-order valence-corrected chi connectivity index (χ0v) is 12.6. The maximum atomic E-state index is 13.2. The van der Waals surface area contributed by atoms with Crippen LogP contribution in [-0.2, 0) is 0 Å². The summed E-state index contributed by atoms with van der Waals surface area (Å²) in [6.45, 7) is 0. The molecule has 0 unspecified atom stereocenters. The number of Topliss-reactive ketones (excluding diaryl/α,β-unsaturated/α-hetero) is 1. The number of ketones is 1. The molecule has 0 saturated heterocycles. The molecular weight excluding hydrogens is 296 g/mol. The average molecular weight is 306 g/mol. The first-order valence-electron chi connectivity index (χ1n) is 7.47. The Morgan fingerprint density at radius 2 is 1.42 bits per heavy atom. The summed E-state index contributed by atoms with van der Waals surface area (Å²) in [5.41, 5.74) is 2.96. The standard InChI is InChI=1S/C21H10N2O/c22-11-14(12-23)19-17-8-4-3-7-16(17)18-10-9-13-5-1-2-6-15(13)20(18)21(19)24/h1-10H. The summed E-state index contributed by atoms with van der Waals surface area (Å²) >= 11 is 0. The molecular formula is C21H10N2O. The number of nitrogens with zero attached hydrogens (tertiary/aromatic N) is 2. The van der Waals surface area contributed by atoms with Crippen LogP contribution in [0.25, 0.3) is 27.5 Å². The first-order chi connectivity index (χ1) is 11.8. The maximum absolute atomic E-state index is 13.2. The second-order valence-corrected chi connectivity index (χ2v) is 5.56. The van der Waals surface area contributed by atoms with E-state index >= 15 is 0 Å². The Labute approximate surface area is 138 Å². The van der Waals surface area contributed by atoms with Gasteiger partial charge in [-0.05, 0) is 27.5 Å². The highest BCUT2D eigenvalue weighted by Gasteiger charge is 2.31. The van der Waals surface area contributed by atoms with E-state index < -0.39 is 0 Å². The molecule has 3 heteroatoms. The van der Waals surface area contributed by atoms with E-state index in [1.165, 1.54) is 0 Å². The summed E-state index contributed by atoms with van der Waals surface area (Å²) in [7, 11) is 0. The maximum Gasteiger partial charge on any atom is 0.196 e. The van der Waals surface area contributed by atoms with Gasteiger partial charge < -0.3 is 0 Å². The summed E-state index contributed by atoms with van der Waals surface area (Å²) in [4.78, 5) is 13.2. The minimum absolute atomic E-state index is 0.147. The number of benzene rings is 3. The molecule has 0 spiro atoms. The van der Waals surface area contributed by atoms with Crippen molar-refractivity contribution in [1.82, 2.24) is 0 Å². The van der Waals surface area contributed by atoms with E-state index in [2.05, 4.69) is 0 Å². The number of hydrogen-bond acceptors (Lipinski definition) is 3. The predicted octanol–water partition coefficient (Wildman–Crippen LogP) is 4.50. The van der Waals surface area contributed by atoms with Crippen LogP contribution in [0.2, 0.25) is 0 Å². The molecule has 0 fully saturated rings. The molecule has 1 aliphatic rings. The van der Waals surface area contributed by atoms with E-state index in [0.717, 1.165) is 21.9 Å². The quantitative estimate of drug-likeness (QED) is 0.453. The van der Waals surface area contributed by atoms with Crippen molar-refractivity contribution in [2.24, 2.45) is 0 Å². The fourth-order valence-electron chi connectivity index (χ4n) is 3.31. The van der Waals surface area contributed by atoms with Crippen molar-refractivity contribution in [2.45, 2.75) is 0 Å². The SMILES string of the molecule is N#CC(C#N)=C1C(=O)c2c(ccc3ccccc23)-c2ccccc21. The Morgan fingerprint density at radius 1 is 0.750 bits per heavy atom. The van der Waals surface area contributed by atoms with Gasteiger partial charge in [-0.15, -0.1) is 0 Å². The number of allylic oxidation sites excluding steroid dienone is 2. The molecule has 0 N–H and O–H groups in total. The van der Waals surface area contributed by atoms with Gasteiger partial charge in [0.15, 0.2) is 5.78 Å². The highest BCUT2D eigenvalue weighted by Crippen LogP contribution is 2.42. The zero-order chi connectivity index (χ0) is 16.7. The second-order valence-electron chi connectivity index (χ2n) is 5.56. The van der Waals surface area contributed by atoms with Gasteiger partial charge in [-0.25, -0.2) is 0 Å². The molecule has 3 aromatic carbocycles. The van der Waals surface area contributed by atoms with Crippen LogP contribution in [0.5, 0.6) is 0 Å². The smallest absolute Gasteiger partial charge is 0.196 e. The minimum atomic E-state index is -0.265. The van der Waals surface area contributed by atoms with Crippen molar-refractivity contribution in [3.05, 3.63) is 77.4 Å². The Kier molecular flexibility index (Phi) is 3.02. The van der Waals surface area contributed by atoms with Crippen molar-refractivity contribution < 1.29 is 4.79 Å². The number of hydrogen-bond donors (Lipinski definition) is 0. The van der Waals surface area contributed by atoms with E-state index in [-0.39, 0.29) is 16.9 Å². The summed E-state index contributed by atoms with van der Waals surface area (Å²) in [5, 5.41) is 20.4. The van der Waals surface area contributed by atoms with Gasteiger partial charge in [-0.3, -0.25) is 4.79 Å². The van der Waals surface area contributed by atoms with Crippen LogP contribution in [0.1, 0.15) is 15.9 Å². The van der Waals surface area contributed by atoms with Gasteiger partial charge >= 0.3 is 0 Å². The number of carbonyl (C=O) groups excluding carboxylic acids is 1. The number of carbonyl (C=O) groups is 1. The van der Waals surface area contributed by atoms with Crippen molar-refractivity contribution in [3.8, 4) is 23.3 Å². The Morgan fingerprint density at radius 3 is 2.17 bits per heavy atom. The molecule has 1 aliphatic carbocycles. The lowest BCUT2D eigenvalue weighted by Crippen LogP contribution is -2.14. The molecule has 0 bridgehead atoms. The fraction of sp³-hybridized carbons (Fsp3) is 0. The summed E-state index contributed by atoms with van der Waals surface area (Å²) < 4.78 is 0. The van der Waals surface area contributed by atoms with Gasteiger partial charge in [-0.2, -0.15) is 10.5 Å². The molecule has 24 heavy (non-hydrogen) atoms. The highest BCUT2D eigenvalue weighted by atomic mass is 16.1. The van der Waals surface area contributed by atoms with Gasteiger partial charge in [-0.1, -0.05) is 60.7 Å². The first kappa shape index (κ1) is 13.9. The summed E-state index contributed by atoms with van der Waals surface area (Å²) in [5.74, 6) is -0.265. The van der Waals surface area contributed by atoms with E-state index in [0.29, 0.717) is 11.1 Å². The molecule has 4 rings (SSSR count). The van der Waals surface area contributed by atoms with E-state index in [9.17, 15) is 15.3 Å². The van der Waals surface area contributed by atoms with Gasteiger partial charge in [0.05, 0.1) is 5.57 Å². The van der Waals surface area contributed by atoms with E-state index in [1.807, 2.05) is 66.7 Å². The van der Waals surface area contributed by atoms with Crippen molar-refractivity contribution in [2.75, 3.05) is 0 Å². The Hall–Kier alpha value is -3.69. The third kappa shape index (κ3) is 1.79. The van der Waals surface area contributed by atoms with Crippen molar-refractivity contribution >= 4 is 22.1 Å². The topological polar surface area (TPSA) is 64.7 Å². The largest absolute Gasteiger partial charge is 0.288 e. The molecule has 0 aromatic heterocycles. The van der Waals surface area contributed by atoms with Crippen LogP contribution in [-0.4, -0.2) is 5.78 Å². The Bertz CT molecular complexity index is 1120. The molecule has 3 nitrogen and oxygen atoms in total. The van der Waals surface area contributed by atoms with Gasteiger partial charge in [0, 0.05) is 5.56 Å². The van der Waals surface area contributed by atoms with Crippen LogP contribution in [0.3, 0.4) is 0 Å². The van der Waals surface area contributed by atoms with Crippen molar-refractivity contribution in [1.29, 1.82) is 10.5 Å². The molecule has 0 aliphatic heterocycles. The third-order valence-electron chi connectivity index (χ3n) is 4.34. The Balaban J connectivity index is 2.21. The zero-order valence-electron chi connectivity index (χ0n) is 12.6. The number of rotatable bonds is 0. The lowest BCUT2D eigenvalue weighted by Gasteiger charge is -2.22.